The van der Waals surface area contributed by atoms with Crippen molar-refractivity contribution in [2.75, 3.05) is 20.3 Å². The molecule has 2 amide bonds. The summed E-state index contributed by atoms with van der Waals surface area (Å²) in [5.41, 5.74) is 1.10. The molecule has 1 unspecified atom stereocenters. The quantitative estimate of drug-likeness (QED) is 0.777. The van der Waals surface area contributed by atoms with E-state index in [4.69, 9.17) is 9.47 Å². The molecule has 3 rings (SSSR count). The first-order valence-electron chi connectivity index (χ1n) is 9.44. The van der Waals surface area contributed by atoms with Crippen LogP contribution in [0.2, 0.25) is 0 Å². The number of nitrogens with one attached hydrogen (secondary N) is 1. The van der Waals surface area contributed by atoms with Crippen LogP contribution in [0.3, 0.4) is 0 Å². The highest BCUT2D eigenvalue weighted by molar-refractivity contribution is 5.87. The van der Waals surface area contributed by atoms with Gasteiger partial charge in [0.2, 0.25) is 11.8 Å². The van der Waals surface area contributed by atoms with Gasteiger partial charge in [0.25, 0.3) is 0 Å². The Labute approximate surface area is 154 Å². The second kappa shape index (κ2) is 8.54. The summed E-state index contributed by atoms with van der Waals surface area (Å²) in [7, 11) is 1.70. The van der Waals surface area contributed by atoms with Crippen LogP contribution in [0.1, 0.15) is 38.2 Å². The zero-order valence-corrected chi connectivity index (χ0v) is 15.6. The number of ether oxygens (including phenoxy) is 2. The highest BCUT2D eigenvalue weighted by Gasteiger charge is 2.35. The summed E-state index contributed by atoms with van der Waals surface area (Å²) in [4.78, 5) is 26.5. The van der Waals surface area contributed by atoms with Gasteiger partial charge in [-0.25, -0.2) is 0 Å². The maximum Gasteiger partial charge on any atom is 0.242 e. The monoisotopic (exact) mass is 360 g/mol. The Morgan fingerprint density at radius 2 is 2.00 bits per heavy atom. The third-order valence-corrected chi connectivity index (χ3v) is 5.15. The van der Waals surface area contributed by atoms with Crippen LogP contribution in [0.15, 0.2) is 24.3 Å². The summed E-state index contributed by atoms with van der Waals surface area (Å²) in [5.74, 6) is 0.714. The van der Waals surface area contributed by atoms with E-state index >= 15 is 0 Å². The molecule has 1 N–H and O–H groups in total. The number of fused-ring (bicyclic) bond motifs is 2. The number of carbonyl (C=O) groups excluding carboxylic acids is 2. The van der Waals surface area contributed by atoms with E-state index in [9.17, 15) is 9.59 Å². The first-order valence-corrected chi connectivity index (χ1v) is 9.44. The predicted molar refractivity (Wildman–Crippen MR) is 98.0 cm³/mol. The minimum Gasteiger partial charge on any atom is -0.494 e. The van der Waals surface area contributed by atoms with Gasteiger partial charge in [0, 0.05) is 13.5 Å². The molecule has 1 fully saturated rings. The molecule has 6 heteroatoms. The van der Waals surface area contributed by atoms with Crippen LogP contribution in [0.25, 0.3) is 0 Å². The van der Waals surface area contributed by atoms with Crippen molar-refractivity contribution in [2.24, 2.45) is 0 Å². The van der Waals surface area contributed by atoms with Gasteiger partial charge in [-0.3, -0.25) is 9.59 Å². The first-order chi connectivity index (χ1) is 12.5. The number of nitrogens with zero attached hydrogens (tertiary/aromatic N) is 1. The molecule has 6 nitrogen and oxygen atoms in total. The summed E-state index contributed by atoms with van der Waals surface area (Å²) >= 11 is 0. The average molecular weight is 360 g/mol. The summed E-state index contributed by atoms with van der Waals surface area (Å²) < 4.78 is 11.3. The fraction of sp³-hybridized carbons (Fsp3) is 0.600. The molecule has 26 heavy (non-hydrogen) atoms. The SMILES string of the molecule is C[C@H]1C(=O)N[C@H](C2CO2)Cc2cccc(c2)OCCCCCC(=O)N1C. The highest BCUT2D eigenvalue weighted by atomic mass is 16.6. The number of epoxide rings is 1. The Morgan fingerprint density at radius 3 is 2.77 bits per heavy atom. The van der Waals surface area contributed by atoms with E-state index in [1.54, 1.807) is 18.9 Å². The number of rotatable bonds is 1. The Hall–Kier alpha value is -2.08. The van der Waals surface area contributed by atoms with Gasteiger partial charge < -0.3 is 19.7 Å². The molecule has 3 atom stereocenters. The van der Waals surface area contributed by atoms with Gasteiger partial charge in [0.15, 0.2) is 0 Å². The topological polar surface area (TPSA) is 71.2 Å². The second-order valence-corrected chi connectivity index (χ2v) is 7.18. The van der Waals surface area contributed by atoms with E-state index in [-0.39, 0.29) is 24.0 Å². The number of amides is 2. The third kappa shape index (κ3) is 4.97. The molecule has 142 valence electrons. The van der Waals surface area contributed by atoms with Crippen molar-refractivity contribution in [3.05, 3.63) is 29.8 Å². The van der Waals surface area contributed by atoms with Crippen LogP contribution >= 0.6 is 0 Å². The molecule has 1 aromatic rings. The van der Waals surface area contributed by atoms with E-state index < -0.39 is 6.04 Å². The highest BCUT2D eigenvalue weighted by Crippen LogP contribution is 2.21. The molecular weight excluding hydrogens is 332 g/mol. The second-order valence-electron chi connectivity index (χ2n) is 7.18. The molecule has 2 bridgehead atoms. The largest absolute Gasteiger partial charge is 0.494 e. The first kappa shape index (κ1) is 18.7. The predicted octanol–water partition coefficient (Wildman–Crippen LogP) is 1.91. The fourth-order valence-electron chi connectivity index (χ4n) is 3.20. The summed E-state index contributed by atoms with van der Waals surface area (Å²) in [5, 5.41) is 3.07. The van der Waals surface area contributed by atoms with Gasteiger partial charge >= 0.3 is 0 Å². The van der Waals surface area contributed by atoms with Crippen molar-refractivity contribution < 1.29 is 19.1 Å². The molecule has 1 saturated heterocycles. The van der Waals surface area contributed by atoms with E-state index in [2.05, 4.69) is 5.32 Å². The van der Waals surface area contributed by atoms with Crippen molar-refractivity contribution >= 4 is 11.8 Å². The van der Waals surface area contributed by atoms with Crippen LogP contribution in [0, 0.1) is 0 Å². The van der Waals surface area contributed by atoms with Gasteiger partial charge in [0.1, 0.15) is 17.9 Å². The average Bonchev–Trinajstić information content (AvgIpc) is 3.47. The lowest BCUT2D eigenvalue weighted by atomic mass is 10.0. The molecule has 0 aliphatic carbocycles. The van der Waals surface area contributed by atoms with Gasteiger partial charge in [0.05, 0.1) is 19.3 Å². The summed E-state index contributed by atoms with van der Waals surface area (Å²) in [6, 6.07) is 7.41. The van der Waals surface area contributed by atoms with Crippen molar-refractivity contribution in [3.63, 3.8) is 0 Å². The lowest BCUT2D eigenvalue weighted by Gasteiger charge is -2.27. The molecule has 2 aliphatic heterocycles. The smallest absolute Gasteiger partial charge is 0.242 e. The van der Waals surface area contributed by atoms with Crippen LogP contribution in [0.5, 0.6) is 5.75 Å². The molecule has 1 aromatic carbocycles. The Bertz CT molecular complexity index is 644. The number of benzene rings is 1. The van der Waals surface area contributed by atoms with Gasteiger partial charge in [-0.1, -0.05) is 12.1 Å². The van der Waals surface area contributed by atoms with E-state index in [1.165, 1.54) is 0 Å². The maximum absolute atomic E-state index is 12.6. The fourth-order valence-corrected chi connectivity index (χ4v) is 3.20. The van der Waals surface area contributed by atoms with Crippen LogP contribution < -0.4 is 10.1 Å². The van der Waals surface area contributed by atoms with Crippen molar-refractivity contribution in [1.29, 1.82) is 0 Å². The molecular formula is C20H28N2O4. The minimum absolute atomic E-state index is 0.00473. The number of hydrogen-bond donors (Lipinski definition) is 1. The molecule has 0 spiro atoms. The Balaban J connectivity index is 1.76. The number of likely N-dealkylation sites (N-methyl/N-ethyl adjacent to an activating group) is 1. The Kier molecular flexibility index (Phi) is 6.14. The van der Waals surface area contributed by atoms with Crippen LogP contribution in [-0.2, 0) is 20.7 Å². The van der Waals surface area contributed by atoms with Crippen LogP contribution in [-0.4, -0.2) is 55.2 Å². The minimum atomic E-state index is -0.494. The molecule has 0 aromatic heterocycles. The van der Waals surface area contributed by atoms with E-state index in [0.29, 0.717) is 26.1 Å². The zero-order valence-electron chi connectivity index (χ0n) is 15.6. The lowest BCUT2D eigenvalue weighted by molar-refractivity contribution is -0.138. The lowest BCUT2D eigenvalue weighted by Crippen LogP contribution is -2.50. The van der Waals surface area contributed by atoms with Gasteiger partial charge in [-0.05, 0) is 50.3 Å². The standard InChI is InChI=1S/C20H28N2O4/c1-14-20(24)21-17(18-13-26-18)12-15-7-6-8-16(11-15)25-10-5-3-4-9-19(23)22(14)2/h6-8,11,14,17-18H,3-5,9-10,12-13H2,1-2H3,(H,21,24)/t14-,17-,18?/m0/s1. The summed E-state index contributed by atoms with van der Waals surface area (Å²) in [6.07, 6.45) is 3.82. The number of hydrogen-bond acceptors (Lipinski definition) is 4. The molecule has 0 radical (unpaired) electrons. The zero-order chi connectivity index (χ0) is 18.5. The maximum atomic E-state index is 12.6. The molecule has 2 aliphatic rings. The van der Waals surface area contributed by atoms with Crippen molar-refractivity contribution in [3.8, 4) is 5.75 Å². The third-order valence-electron chi connectivity index (χ3n) is 5.15. The van der Waals surface area contributed by atoms with Gasteiger partial charge in [-0.15, -0.1) is 0 Å². The molecule has 2 heterocycles. The van der Waals surface area contributed by atoms with Crippen molar-refractivity contribution in [2.45, 2.75) is 57.2 Å². The van der Waals surface area contributed by atoms with Crippen LogP contribution in [0.4, 0.5) is 0 Å². The van der Waals surface area contributed by atoms with Crippen molar-refractivity contribution in [1.82, 2.24) is 10.2 Å². The molecule has 0 saturated carbocycles. The van der Waals surface area contributed by atoms with E-state index in [1.807, 2.05) is 24.3 Å². The van der Waals surface area contributed by atoms with E-state index in [0.717, 1.165) is 30.6 Å². The normalized spacial score (nSPS) is 28.2. The number of carbonyl (C=O) groups is 2. The summed E-state index contributed by atoms with van der Waals surface area (Å²) in [6.45, 7) is 3.08. The van der Waals surface area contributed by atoms with Gasteiger partial charge in [-0.2, -0.15) is 0 Å². The Morgan fingerprint density at radius 1 is 1.19 bits per heavy atom.